The van der Waals surface area contributed by atoms with Crippen LogP contribution in [0.15, 0.2) is 72.8 Å². The average molecular weight is 331 g/mol. The smallest absolute Gasteiger partial charge is 0.0420 e. The van der Waals surface area contributed by atoms with Gasteiger partial charge in [-0.1, -0.05) is 89.5 Å². The maximum absolute atomic E-state index is 2.31. The van der Waals surface area contributed by atoms with Gasteiger partial charge < -0.3 is 0 Å². The minimum absolute atomic E-state index is 0.0404. The summed E-state index contributed by atoms with van der Waals surface area (Å²) in [6.45, 7) is 6.47. The molecule has 3 aromatic carbocycles. The Bertz CT molecular complexity index is 685. The van der Waals surface area contributed by atoms with Crippen LogP contribution in [0.3, 0.4) is 0 Å². The maximum Gasteiger partial charge on any atom is 0.0420 e. The SMILES string of the molecule is Cc1ccc(C(C[SiH3])(c2ccc(C)cc2)c2ccc(C)cc2)cc1. The lowest BCUT2D eigenvalue weighted by Crippen LogP contribution is -2.29. The van der Waals surface area contributed by atoms with Crippen LogP contribution in [0.1, 0.15) is 33.4 Å². The van der Waals surface area contributed by atoms with Crippen LogP contribution in [0.5, 0.6) is 0 Å². The standard InChI is InChI=1S/C23H26Si/c1-17-4-10-20(11-5-17)23(16-24,21-12-6-18(2)7-13-21)22-14-8-19(3)9-15-22/h4-15H,16H2,1-3,24H3. The van der Waals surface area contributed by atoms with Crippen LogP contribution in [-0.4, -0.2) is 10.2 Å². The van der Waals surface area contributed by atoms with Crippen LogP contribution in [0.25, 0.3) is 0 Å². The highest BCUT2D eigenvalue weighted by Crippen LogP contribution is 2.42. The van der Waals surface area contributed by atoms with E-state index in [1.807, 2.05) is 0 Å². The summed E-state index contributed by atoms with van der Waals surface area (Å²) in [5.41, 5.74) is 8.10. The topological polar surface area (TPSA) is 0 Å². The van der Waals surface area contributed by atoms with Crippen LogP contribution in [0.4, 0.5) is 0 Å². The molecule has 24 heavy (non-hydrogen) atoms. The number of hydrogen-bond acceptors (Lipinski definition) is 0. The van der Waals surface area contributed by atoms with Gasteiger partial charge in [0.2, 0.25) is 0 Å². The summed E-state index contributed by atoms with van der Waals surface area (Å²) in [7, 11) is 1.14. The Labute approximate surface area is 149 Å². The second-order valence-electron chi connectivity index (χ2n) is 6.86. The van der Waals surface area contributed by atoms with E-state index in [0.29, 0.717) is 0 Å². The van der Waals surface area contributed by atoms with E-state index < -0.39 is 0 Å². The van der Waals surface area contributed by atoms with Crippen molar-refractivity contribution in [3.05, 3.63) is 106 Å². The molecule has 0 unspecified atom stereocenters. The summed E-state index contributed by atoms with van der Waals surface area (Å²) in [6, 6.07) is 28.5. The third-order valence-corrected chi connectivity index (χ3v) is 6.22. The first-order chi connectivity index (χ1) is 11.6. The molecule has 3 rings (SSSR count). The summed E-state index contributed by atoms with van der Waals surface area (Å²) >= 11 is 0. The molecule has 0 nitrogen and oxygen atoms in total. The molecule has 0 aromatic heterocycles. The Morgan fingerprint density at radius 2 is 0.792 bits per heavy atom. The Kier molecular flexibility index (Phi) is 4.73. The van der Waals surface area contributed by atoms with Crippen molar-refractivity contribution in [1.29, 1.82) is 0 Å². The monoisotopic (exact) mass is 330 g/mol. The largest absolute Gasteiger partial charge is 0.0590 e. The van der Waals surface area contributed by atoms with Gasteiger partial charge in [0.25, 0.3) is 0 Å². The van der Waals surface area contributed by atoms with E-state index in [4.69, 9.17) is 0 Å². The van der Waals surface area contributed by atoms with Gasteiger partial charge in [-0.25, -0.2) is 0 Å². The third-order valence-electron chi connectivity index (χ3n) is 5.16. The number of aryl methyl sites for hydroxylation is 3. The highest BCUT2D eigenvalue weighted by molar-refractivity contribution is 6.10. The van der Waals surface area contributed by atoms with Gasteiger partial charge in [-0.2, -0.15) is 0 Å². The van der Waals surface area contributed by atoms with Crippen molar-refractivity contribution in [2.45, 2.75) is 32.2 Å². The molecule has 0 fully saturated rings. The molecule has 0 heterocycles. The Morgan fingerprint density at radius 3 is 1.00 bits per heavy atom. The molecule has 0 saturated carbocycles. The highest BCUT2D eigenvalue weighted by Gasteiger charge is 2.34. The first kappa shape index (κ1) is 16.7. The molecular weight excluding hydrogens is 304 g/mol. The second kappa shape index (κ2) is 6.78. The molecule has 0 aliphatic heterocycles. The van der Waals surface area contributed by atoms with Crippen LogP contribution in [-0.2, 0) is 5.41 Å². The van der Waals surface area contributed by atoms with Gasteiger partial charge in [0, 0.05) is 15.7 Å². The van der Waals surface area contributed by atoms with Gasteiger partial charge >= 0.3 is 0 Å². The van der Waals surface area contributed by atoms with Crippen molar-refractivity contribution in [3.63, 3.8) is 0 Å². The summed E-state index contributed by atoms with van der Waals surface area (Å²) < 4.78 is 0. The third kappa shape index (κ3) is 2.96. The fourth-order valence-electron chi connectivity index (χ4n) is 3.63. The first-order valence-corrected chi connectivity index (χ1v) is 10.2. The molecule has 0 atom stereocenters. The van der Waals surface area contributed by atoms with E-state index in [1.165, 1.54) is 39.4 Å². The fraction of sp³-hybridized carbons (Fsp3) is 0.217. The highest BCUT2D eigenvalue weighted by atomic mass is 28.1. The first-order valence-electron chi connectivity index (χ1n) is 8.77. The van der Waals surface area contributed by atoms with E-state index in [0.717, 1.165) is 10.2 Å². The average Bonchev–Trinajstić information content (AvgIpc) is 2.60. The van der Waals surface area contributed by atoms with Gasteiger partial charge in [-0.05, 0) is 43.5 Å². The molecular formula is C23H26Si. The molecule has 0 spiro atoms. The maximum atomic E-state index is 2.31. The second-order valence-corrected chi connectivity index (χ2v) is 7.56. The molecule has 1 heteroatoms. The van der Waals surface area contributed by atoms with E-state index in [9.17, 15) is 0 Å². The van der Waals surface area contributed by atoms with Crippen molar-refractivity contribution in [3.8, 4) is 0 Å². The molecule has 0 bridgehead atoms. The van der Waals surface area contributed by atoms with Crippen molar-refractivity contribution in [2.75, 3.05) is 0 Å². The Morgan fingerprint density at radius 1 is 0.542 bits per heavy atom. The predicted molar refractivity (Wildman–Crippen MR) is 108 cm³/mol. The summed E-state index contributed by atoms with van der Waals surface area (Å²) in [6.07, 6.45) is 0. The molecule has 0 saturated heterocycles. The predicted octanol–water partition coefficient (Wildman–Crippen LogP) is 4.73. The van der Waals surface area contributed by atoms with Crippen LogP contribution < -0.4 is 0 Å². The van der Waals surface area contributed by atoms with E-state index in [-0.39, 0.29) is 5.41 Å². The molecule has 0 aliphatic rings. The Hall–Kier alpha value is -2.12. The lowest BCUT2D eigenvalue weighted by atomic mass is 9.70. The quantitative estimate of drug-likeness (QED) is 0.479. The molecule has 122 valence electrons. The van der Waals surface area contributed by atoms with Crippen molar-refractivity contribution in [1.82, 2.24) is 0 Å². The fourth-order valence-corrected chi connectivity index (χ4v) is 4.85. The Balaban J connectivity index is 2.27. The number of rotatable bonds is 4. The van der Waals surface area contributed by atoms with Gasteiger partial charge in [-0.15, -0.1) is 0 Å². The van der Waals surface area contributed by atoms with Gasteiger partial charge in [0.1, 0.15) is 0 Å². The number of hydrogen-bond donors (Lipinski definition) is 0. The molecule has 0 N–H and O–H groups in total. The minimum atomic E-state index is -0.0404. The van der Waals surface area contributed by atoms with E-state index >= 15 is 0 Å². The van der Waals surface area contributed by atoms with E-state index in [1.54, 1.807) is 0 Å². The molecule has 0 radical (unpaired) electrons. The van der Waals surface area contributed by atoms with Crippen molar-refractivity contribution < 1.29 is 0 Å². The summed E-state index contributed by atoms with van der Waals surface area (Å²) in [5.74, 6) is 0. The van der Waals surface area contributed by atoms with Crippen LogP contribution >= 0.6 is 0 Å². The van der Waals surface area contributed by atoms with E-state index in [2.05, 4.69) is 93.6 Å². The summed E-state index contributed by atoms with van der Waals surface area (Å²) in [4.78, 5) is 0. The zero-order chi connectivity index (χ0) is 17.2. The van der Waals surface area contributed by atoms with Crippen LogP contribution in [0.2, 0.25) is 6.04 Å². The van der Waals surface area contributed by atoms with Crippen molar-refractivity contribution >= 4 is 10.2 Å². The lowest BCUT2D eigenvalue weighted by molar-refractivity contribution is 0.690. The normalized spacial score (nSPS) is 11.6. The molecule has 0 amide bonds. The van der Waals surface area contributed by atoms with Gasteiger partial charge in [0.15, 0.2) is 0 Å². The molecule has 0 aliphatic carbocycles. The van der Waals surface area contributed by atoms with Crippen LogP contribution in [0, 0.1) is 20.8 Å². The van der Waals surface area contributed by atoms with Crippen molar-refractivity contribution in [2.24, 2.45) is 0 Å². The van der Waals surface area contributed by atoms with Gasteiger partial charge in [0.05, 0.1) is 0 Å². The zero-order valence-corrected chi connectivity index (χ0v) is 17.1. The number of benzene rings is 3. The zero-order valence-electron chi connectivity index (χ0n) is 15.1. The molecule has 3 aromatic rings. The lowest BCUT2D eigenvalue weighted by Gasteiger charge is -2.35. The minimum Gasteiger partial charge on any atom is -0.0590 e. The summed E-state index contributed by atoms with van der Waals surface area (Å²) in [5, 5.41) is 0. The van der Waals surface area contributed by atoms with Gasteiger partial charge in [-0.3, -0.25) is 0 Å².